The van der Waals surface area contributed by atoms with Crippen LogP contribution in [-0.4, -0.2) is 39.3 Å². The van der Waals surface area contributed by atoms with Crippen LogP contribution in [0.2, 0.25) is 0 Å². The van der Waals surface area contributed by atoms with Crippen molar-refractivity contribution in [2.24, 2.45) is 4.99 Å². The molecule has 0 saturated carbocycles. The Hall–Kier alpha value is -0.870. The molecule has 132 valence electrons. The number of guanidine groups is 1. The van der Waals surface area contributed by atoms with Gasteiger partial charge < -0.3 is 10.6 Å². The highest BCUT2D eigenvalue weighted by molar-refractivity contribution is 14.0. The van der Waals surface area contributed by atoms with E-state index in [9.17, 15) is 8.42 Å². The number of rotatable bonds is 7. The molecule has 0 saturated heterocycles. The van der Waals surface area contributed by atoms with Crippen LogP contribution in [0.25, 0.3) is 0 Å². The Morgan fingerprint density at radius 1 is 1.17 bits per heavy atom. The molecule has 0 spiro atoms. The first-order valence-electron chi connectivity index (χ1n) is 7.27. The predicted octanol–water partition coefficient (Wildman–Crippen LogP) is 1.69. The molecular weight excluding hydrogens is 427 g/mol. The summed E-state index contributed by atoms with van der Waals surface area (Å²) in [4.78, 5) is 4.50. The molecule has 0 fully saturated rings. The summed E-state index contributed by atoms with van der Waals surface area (Å²) in [5.41, 5.74) is 0.518. The molecule has 6 nitrogen and oxygen atoms in total. The second kappa shape index (κ2) is 10.1. The Morgan fingerprint density at radius 2 is 1.78 bits per heavy atom. The lowest BCUT2D eigenvalue weighted by Gasteiger charge is -2.26. The highest BCUT2D eigenvalue weighted by Crippen LogP contribution is 2.03. The second-order valence-corrected chi connectivity index (χ2v) is 7.54. The van der Waals surface area contributed by atoms with E-state index in [-0.39, 0.29) is 24.0 Å². The van der Waals surface area contributed by atoms with Gasteiger partial charge in [0.05, 0.1) is 12.8 Å². The number of hydrogen-bond acceptors (Lipinski definition) is 3. The zero-order chi connectivity index (χ0) is 16.6. The molecule has 0 bridgehead atoms. The fourth-order valence-corrected chi connectivity index (χ4v) is 3.01. The molecule has 23 heavy (non-hydrogen) atoms. The van der Waals surface area contributed by atoms with Gasteiger partial charge in [-0.15, -0.1) is 24.0 Å². The van der Waals surface area contributed by atoms with Crippen LogP contribution < -0.4 is 15.4 Å². The van der Waals surface area contributed by atoms with Crippen LogP contribution in [0.5, 0.6) is 0 Å². The molecule has 0 aliphatic rings. The van der Waals surface area contributed by atoms with Crippen LogP contribution in [-0.2, 0) is 16.6 Å². The average Bonchev–Trinajstić information content (AvgIpc) is 2.40. The quantitative estimate of drug-likeness (QED) is 0.333. The molecule has 3 N–H and O–H groups in total. The standard InChI is InChI=1S/C15H26N4O2S.HI/c1-5-16-14(17-11-13-9-7-6-8-10-13)18-12-15(2,3)19-22(4,20)21;/h6-10,19H,5,11-12H2,1-4H3,(H2,16,17,18);1H. The van der Waals surface area contributed by atoms with Crippen molar-refractivity contribution in [3.05, 3.63) is 35.9 Å². The van der Waals surface area contributed by atoms with Crippen molar-refractivity contribution >= 4 is 40.0 Å². The Kier molecular flexibility index (Phi) is 9.71. The molecule has 0 aliphatic carbocycles. The lowest BCUT2D eigenvalue weighted by molar-refractivity contribution is 0.446. The summed E-state index contributed by atoms with van der Waals surface area (Å²) in [5, 5.41) is 6.32. The summed E-state index contributed by atoms with van der Waals surface area (Å²) < 4.78 is 25.3. The van der Waals surface area contributed by atoms with E-state index in [4.69, 9.17) is 0 Å². The average molecular weight is 454 g/mol. The number of hydrogen-bond donors (Lipinski definition) is 3. The molecule has 0 unspecified atom stereocenters. The van der Waals surface area contributed by atoms with E-state index in [1.165, 1.54) is 0 Å². The molecule has 0 amide bonds. The van der Waals surface area contributed by atoms with E-state index in [1.54, 1.807) is 0 Å². The van der Waals surface area contributed by atoms with Crippen molar-refractivity contribution in [1.29, 1.82) is 0 Å². The maximum atomic E-state index is 11.3. The van der Waals surface area contributed by atoms with Gasteiger partial charge in [-0.3, -0.25) is 0 Å². The van der Waals surface area contributed by atoms with Crippen LogP contribution in [0.1, 0.15) is 26.3 Å². The highest BCUT2D eigenvalue weighted by atomic mass is 127. The van der Waals surface area contributed by atoms with E-state index in [1.807, 2.05) is 51.1 Å². The summed E-state index contributed by atoms with van der Waals surface area (Å²) in [6, 6.07) is 9.95. The first kappa shape index (κ1) is 22.1. The van der Waals surface area contributed by atoms with Gasteiger partial charge in [-0.2, -0.15) is 0 Å². The lowest BCUT2D eigenvalue weighted by Crippen LogP contribution is -2.53. The van der Waals surface area contributed by atoms with E-state index in [2.05, 4.69) is 20.3 Å². The first-order chi connectivity index (χ1) is 10.2. The first-order valence-corrected chi connectivity index (χ1v) is 9.16. The summed E-state index contributed by atoms with van der Waals surface area (Å²) >= 11 is 0. The van der Waals surface area contributed by atoms with Crippen molar-refractivity contribution in [3.8, 4) is 0 Å². The number of nitrogens with one attached hydrogen (secondary N) is 3. The van der Waals surface area contributed by atoms with Crippen molar-refractivity contribution < 1.29 is 8.42 Å². The predicted molar refractivity (Wildman–Crippen MR) is 107 cm³/mol. The van der Waals surface area contributed by atoms with E-state index in [0.29, 0.717) is 19.0 Å². The summed E-state index contributed by atoms with van der Waals surface area (Å²) in [6.07, 6.45) is 1.16. The van der Waals surface area contributed by atoms with E-state index >= 15 is 0 Å². The molecule has 8 heteroatoms. The number of halogens is 1. The summed E-state index contributed by atoms with van der Waals surface area (Å²) in [7, 11) is -3.25. The van der Waals surface area contributed by atoms with Gasteiger partial charge in [0.25, 0.3) is 0 Å². The SMILES string of the molecule is CCNC(=NCc1ccccc1)NCC(C)(C)NS(C)(=O)=O.I. The van der Waals surface area contributed by atoms with Crippen molar-refractivity contribution in [2.75, 3.05) is 19.3 Å². The van der Waals surface area contributed by atoms with Crippen LogP contribution in [0, 0.1) is 0 Å². The Morgan fingerprint density at radius 3 is 2.30 bits per heavy atom. The fourth-order valence-electron chi connectivity index (χ4n) is 1.94. The smallest absolute Gasteiger partial charge is 0.209 e. The minimum atomic E-state index is -3.25. The molecule has 1 aromatic rings. The molecule has 0 aromatic heterocycles. The van der Waals surface area contributed by atoms with Gasteiger partial charge in [-0.05, 0) is 26.3 Å². The number of benzene rings is 1. The summed E-state index contributed by atoms with van der Waals surface area (Å²) in [6.45, 7) is 7.36. The van der Waals surface area contributed by atoms with Gasteiger partial charge >= 0.3 is 0 Å². The number of nitrogens with zero attached hydrogens (tertiary/aromatic N) is 1. The maximum absolute atomic E-state index is 11.3. The lowest BCUT2D eigenvalue weighted by atomic mass is 10.1. The van der Waals surface area contributed by atoms with Gasteiger partial charge in [0.15, 0.2) is 5.96 Å². The van der Waals surface area contributed by atoms with Crippen LogP contribution in [0.15, 0.2) is 35.3 Å². The number of sulfonamides is 1. The third kappa shape index (κ3) is 10.5. The molecular formula is C15H27IN4O2S. The second-order valence-electron chi connectivity index (χ2n) is 5.79. The van der Waals surface area contributed by atoms with E-state index < -0.39 is 15.6 Å². The van der Waals surface area contributed by atoms with E-state index in [0.717, 1.165) is 18.4 Å². The van der Waals surface area contributed by atoms with Crippen molar-refractivity contribution in [2.45, 2.75) is 32.9 Å². The molecule has 1 rings (SSSR count). The minimum Gasteiger partial charge on any atom is -0.357 e. The van der Waals surface area contributed by atoms with Gasteiger partial charge in [-0.25, -0.2) is 18.1 Å². The molecule has 0 atom stereocenters. The van der Waals surface area contributed by atoms with Crippen LogP contribution >= 0.6 is 24.0 Å². The summed E-state index contributed by atoms with van der Waals surface area (Å²) in [5.74, 6) is 0.662. The van der Waals surface area contributed by atoms with Crippen LogP contribution in [0.4, 0.5) is 0 Å². The van der Waals surface area contributed by atoms with Gasteiger partial charge in [0.1, 0.15) is 0 Å². The normalized spacial score (nSPS) is 12.4. The highest BCUT2D eigenvalue weighted by Gasteiger charge is 2.22. The molecule has 0 radical (unpaired) electrons. The monoisotopic (exact) mass is 454 g/mol. The van der Waals surface area contributed by atoms with Gasteiger partial charge in [0, 0.05) is 18.6 Å². The Labute approximate surface area is 156 Å². The molecule has 1 aromatic carbocycles. The largest absolute Gasteiger partial charge is 0.357 e. The third-order valence-electron chi connectivity index (χ3n) is 2.77. The van der Waals surface area contributed by atoms with Crippen molar-refractivity contribution in [3.63, 3.8) is 0 Å². The van der Waals surface area contributed by atoms with Crippen molar-refractivity contribution in [1.82, 2.24) is 15.4 Å². The third-order valence-corrected chi connectivity index (χ3v) is 3.69. The maximum Gasteiger partial charge on any atom is 0.209 e. The Bertz CT molecular complexity index is 589. The topological polar surface area (TPSA) is 82.6 Å². The zero-order valence-electron chi connectivity index (χ0n) is 14.1. The molecule has 0 heterocycles. The van der Waals surface area contributed by atoms with Crippen LogP contribution in [0.3, 0.4) is 0 Å². The zero-order valence-corrected chi connectivity index (χ0v) is 17.2. The minimum absolute atomic E-state index is 0. The fraction of sp³-hybridized carbons (Fsp3) is 0.533. The van der Waals surface area contributed by atoms with Gasteiger partial charge in [-0.1, -0.05) is 30.3 Å². The molecule has 0 aliphatic heterocycles. The number of aliphatic imine (C=N–C) groups is 1. The Balaban J connectivity index is 0.00000484. The van der Waals surface area contributed by atoms with Gasteiger partial charge in [0.2, 0.25) is 10.0 Å².